The van der Waals surface area contributed by atoms with Crippen molar-refractivity contribution in [2.24, 2.45) is 0 Å². The van der Waals surface area contributed by atoms with E-state index in [0.717, 1.165) is 50.1 Å². The fourth-order valence-electron chi connectivity index (χ4n) is 8.59. The van der Waals surface area contributed by atoms with Gasteiger partial charge in [-0.05, 0) is 114 Å². The van der Waals surface area contributed by atoms with Crippen molar-refractivity contribution in [3.8, 4) is 33.4 Å². The molecule has 0 radical (unpaired) electrons. The standard InChI is InChI=1S/C54H35NO/c1-2-10-36(11-3-1)37-22-29-42(30-23-37)55(44-33-26-40(27-34-44)47-16-9-19-52-54(47)50-14-6-7-18-51(50)56-52)43-31-24-39(25-32-43)45-15-8-17-49-48(45)35-28-41-21-20-38-12-4-5-13-46(38)53(41)49/h1-35H. The number of nitrogens with zero attached hydrogens (tertiary/aromatic N) is 1. The molecule has 2 nitrogen and oxygen atoms in total. The van der Waals surface area contributed by atoms with Crippen molar-refractivity contribution >= 4 is 71.3 Å². The van der Waals surface area contributed by atoms with Crippen molar-refractivity contribution in [3.63, 3.8) is 0 Å². The summed E-state index contributed by atoms with van der Waals surface area (Å²) in [7, 11) is 0. The molecule has 0 bridgehead atoms. The Morgan fingerprint density at radius 1 is 0.268 bits per heavy atom. The maximum atomic E-state index is 6.23. The van der Waals surface area contributed by atoms with E-state index in [4.69, 9.17) is 4.42 Å². The summed E-state index contributed by atoms with van der Waals surface area (Å²) in [6, 6.07) is 76.4. The van der Waals surface area contributed by atoms with Crippen LogP contribution in [-0.2, 0) is 0 Å². The topological polar surface area (TPSA) is 16.4 Å². The van der Waals surface area contributed by atoms with Crippen molar-refractivity contribution in [2.75, 3.05) is 4.90 Å². The lowest BCUT2D eigenvalue weighted by molar-refractivity contribution is 0.669. The number of furan rings is 1. The molecule has 1 aromatic heterocycles. The van der Waals surface area contributed by atoms with Gasteiger partial charge < -0.3 is 9.32 Å². The van der Waals surface area contributed by atoms with Crippen LogP contribution < -0.4 is 4.90 Å². The number of para-hydroxylation sites is 1. The average Bonchev–Trinajstić information content (AvgIpc) is 3.66. The molecular weight excluding hydrogens is 679 g/mol. The van der Waals surface area contributed by atoms with Gasteiger partial charge in [-0.1, -0.05) is 164 Å². The van der Waals surface area contributed by atoms with Crippen molar-refractivity contribution in [2.45, 2.75) is 0 Å². The molecule has 0 fully saturated rings. The number of anilines is 3. The van der Waals surface area contributed by atoms with E-state index < -0.39 is 0 Å². The Kier molecular flexibility index (Phi) is 7.53. The average molecular weight is 714 g/mol. The predicted octanol–water partition coefficient (Wildman–Crippen LogP) is 15.5. The van der Waals surface area contributed by atoms with Gasteiger partial charge in [0.2, 0.25) is 0 Å². The van der Waals surface area contributed by atoms with Crippen molar-refractivity contribution in [1.29, 1.82) is 0 Å². The first-order valence-corrected chi connectivity index (χ1v) is 19.2. The molecule has 0 N–H and O–H groups in total. The van der Waals surface area contributed by atoms with Crippen LogP contribution in [0.3, 0.4) is 0 Å². The van der Waals surface area contributed by atoms with Crippen LogP contribution in [-0.4, -0.2) is 0 Å². The molecule has 11 rings (SSSR count). The van der Waals surface area contributed by atoms with Gasteiger partial charge in [0, 0.05) is 27.8 Å². The van der Waals surface area contributed by atoms with Gasteiger partial charge in [-0.2, -0.15) is 0 Å². The first-order chi connectivity index (χ1) is 27.8. The third-order valence-electron chi connectivity index (χ3n) is 11.3. The molecule has 11 aromatic rings. The maximum absolute atomic E-state index is 6.23. The van der Waals surface area contributed by atoms with Gasteiger partial charge in [-0.3, -0.25) is 0 Å². The highest BCUT2D eigenvalue weighted by molar-refractivity contribution is 6.22. The number of fused-ring (bicyclic) bond motifs is 8. The van der Waals surface area contributed by atoms with E-state index in [1.807, 2.05) is 12.1 Å². The zero-order valence-corrected chi connectivity index (χ0v) is 30.6. The Hall–Kier alpha value is -7.42. The second-order valence-corrected chi connectivity index (χ2v) is 14.5. The highest BCUT2D eigenvalue weighted by atomic mass is 16.3. The summed E-state index contributed by atoms with van der Waals surface area (Å²) < 4.78 is 6.23. The van der Waals surface area contributed by atoms with Crippen LogP contribution in [0.25, 0.3) is 87.6 Å². The second-order valence-electron chi connectivity index (χ2n) is 14.5. The Balaban J connectivity index is 1.01. The van der Waals surface area contributed by atoms with Crippen molar-refractivity contribution in [1.82, 2.24) is 0 Å². The molecule has 0 spiro atoms. The first-order valence-electron chi connectivity index (χ1n) is 19.2. The molecule has 0 unspecified atom stereocenters. The van der Waals surface area contributed by atoms with E-state index >= 15 is 0 Å². The first kappa shape index (κ1) is 32.0. The maximum Gasteiger partial charge on any atom is 0.136 e. The summed E-state index contributed by atoms with van der Waals surface area (Å²) in [5, 5.41) is 9.94. The van der Waals surface area contributed by atoms with Crippen LogP contribution in [0.15, 0.2) is 217 Å². The van der Waals surface area contributed by atoms with E-state index in [0.29, 0.717) is 0 Å². The third kappa shape index (κ3) is 5.34. The number of rotatable bonds is 6. The zero-order chi connectivity index (χ0) is 37.0. The van der Waals surface area contributed by atoms with Crippen LogP contribution >= 0.6 is 0 Å². The Bertz CT molecular complexity index is 3210. The highest BCUT2D eigenvalue weighted by Gasteiger charge is 2.17. The number of benzene rings is 10. The van der Waals surface area contributed by atoms with Crippen LogP contribution in [0.2, 0.25) is 0 Å². The fraction of sp³-hybridized carbons (Fsp3) is 0. The molecule has 0 aliphatic rings. The van der Waals surface area contributed by atoms with Gasteiger partial charge in [-0.15, -0.1) is 0 Å². The van der Waals surface area contributed by atoms with Crippen LogP contribution in [0.4, 0.5) is 17.1 Å². The number of hydrogen-bond donors (Lipinski definition) is 0. The Morgan fingerprint density at radius 3 is 1.54 bits per heavy atom. The molecule has 0 saturated heterocycles. The van der Waals surface area contributed by atoms with Crippen molar-refractivity contribution < 1.29 is 4.42 Å². The third-order valence-corrected chi connectivity index (χ3v) is 11.3. The molecular formula is C54H35NO. The van der Waals surface area contributed by atoms with Gasteiger partial charge in [0.1, 0.15) is 11.2 Å². The molecule has 1 heterocycles. The van der Waals surface area contributed by atoms with Crippen LogP contribution in [0.1, 0.15) is 0 Å². The van der Waals surface area contributed by atoms with Gasteiger partial charge in [0.05, 0.1) is 0 Å². The quantitative estimate of drug-likeness (QED) is 0.160. The molecule has 0 aliphatic heterocycles. The van der Waals surface area contributed by atoms with E-state index in [1.165, 1.54) is 54.6 Å². The summed E-state index contributed by atoms with van der Waals surface area (Å²) in [6.45, 7) is 0. The van der Waals surface area contributed by atoms with Crippen LogP contribution in [0.5, 0.6) is 0 Å². The summed E-state index contributed by atoms with van der Waals surface area (Å²) in [5.74, 6) is 0. The normalized spacial score (nSPS) is 11.6. The van der Waals surface area contributed by atoms with Gasteiger partial charge in [0.15, 0.2) is 0 Å². The SMILES string of the molecule is c1ccc(-c2ccc(N(c3ccc(-c4cccc5c4ccc4ccc6ccccc6c45)cc3)c3ccc(-c4cccc5oc6ccccc6c45)cc3)cc2)cc1. The van der Waals surface area contributed by atoms with E-state index in [9.17, 15) is 0 Å². The second kappa shape index (κ2) is 13.2. The minimum Gasteiger partial charge on any atom is -0.456 e. The zero-order valence-electron chi connectivity index (χ0n) is 30.6. The minimum absolute atomic E-state index is 0.903. The van der Waals surface area contributed by atoms with Crippen molar-refractivity contribution in [3.05, 3.63) is 212 Å². The van der Waals surface area contributed by atoms with Crippen LogP contribution in [0, 0.1) is 0 Å². The summed E-state index contributed by atoms with van der Waals surface area (Å²) >= 11 is 0. The summed E-state index contributed by atoms with van der Waals surface area (Å²) in [4.78, 5) is 2.35. The molecule has 0 atom stereocenters. The summed E-state index contributed by atoms with van der Waals surface area (Å²) in [6.07, 6.45) is 0. The minimum atomic E-state index is 0.903. The fourth-order valence-corrected chi connectivity index (χ4v) is 8.59. The van der Waals surface area contributed by atoms with Gasteiger partial charge in [0.25, 0.3) is 0 Å². The van der Waals surface area contributed by atoms with E-state index in [2.05, 4.69) is 205 Å². The lowest BCUT2D eigenvalue weighted by Gasteiger charge is -2.26. The molecule has 0 aliphatic carbocycles. The molecule has 0 amide bonds. The van der Waals surface area contributed by atoms with Gasteiger partial charge >= 0.3 is 0 Å². The summed E-state index contributed by atoms with van der Waals surface area (Å²) in [5.41, 5.74) is 12.2. The Labute approximate surface area is 325 Å². The highest BCUT2D eigenvalue weighted by Crippen LogP contribution is 2.42. The van der Waals surface area contributed by atoms with E-state index in [-0.39, 0.29) is 0 Å². The van der Waals surface area contributed by atoms with Gasteiger partial charge in [-0.25, -0.2) is 0 Å². The predicted molar refractivity (Wildman–Crippen MR) is 237 cm³/mol. The number of hydrogen-bond acceptors (Lipinski definition) is 2. The van der Waals surface area contributed by atoms with E-state index in [1.54, 1.807) is 0 Å². The monoisotopic (exact) mass is 713 g/mol. The molecule has 10 aromatic carbocycles. The molecule has 0 saturated carbocycles. The lowest BCUT2D eigenvalue weighted by Crippen LogP contribution is -2.09. The molecule has 2 heteroatoms. The molecule has 56 heavy (non-hydrogen) atoms. The lowest BCUT2D eigenvalue weighted by atomic mass is 9.92. The largest absolute Gasteiger partial charge is 0.456 e. The smallest absolute Gasteiger partial charge is 0.136 e. The Morgan fingerprint density at radius 2 is 0.786 bits per heavy atom. The molecule has 262 valence electrons.